The van der Waals surface area contributed by atoms with Gasteiger partial charge in [0.05, 0.1) is 21.7 Å². The highest BCUT2D eigenvalue weighted by Crippen LogP contribution is 2.23. The van der Waals surface area contributed by atoms with Gasteiger partial charge in [-0.2, -0.15) is 4.99 Å². The molecule has 0 aliphatic rings. The first-order valence-corrected chi connectivity index (χ1v) is 11.9. The molecule has 3 aromatic rings. The fourth-order valence-electron chi connectivity index (χ4n) is 2.99. The fourth-order valence-corrected chi connectivity index (χ4v) is 4.95. The van der Waals surface area contributed by atoms with E-state index in [4.69, 9.17) is 4.74 Å². The summed E-state index contributed by atoms with van der Waals surface area (Å²) in [5, 5.41) is 11.1. The zero-order valence-electron chi connectivity index (χ0n) is 17.6. The Morgan fingerprint density at radius 2 is 2.03 bits per heavy atom. The van der Waals surface area contributed by atoms with Crippen LogP contribution in [0.3, 0.4) is 0 Å². The molecule has 0 fully saturated rings. The van der Waals surface area contributed by atoms with Crippen molar-refractivity contribution in [2.75, 3.05) is 19.0 Å². The molecule has 0 N–H and O–H groups in total. The van der Waals surface area contributed by atoms with Crippen LogP contribution in [0.15, 0.2) is 52.4 Å². The Balaban J connectivity index is 1.71. The van der Waals surface area contributed by atoms with Gasteiger partial charge in [0.1, 0.15) is 0 Å². The van der Waals surface area contributed by atoms with E-state index in [1.165, 1.54) is 33.9 Å². The molecule has 3 rings (SSSR count). The molecule has 1 amide bonds. The van der Waals surface area contributed by atoms with Crippen LogP contribution in [0.25, 0.3) is 10.2 Å². The second kappa shape index (κ2) is 11.2. The number of carbonyl (C=O) groups excluding carboxylic acids is 1. The van der Waals surface area contributed by atoms with Gasteiger partial charge in [-0.3, -0.25) is 14.9 Å². The van der Waals surface area contributed by atoms with Gasteiger partial charge in [-0.05, 0) is 44.2 Å². The van der Waals surface area contributed by atoms with Gasteiger partial charge in [-0.25, -0.2) is 0 Å². The van der Waals surface area contributed by atoms with Crippen molar-refractivity contribution in [2.24, 2.45) is 4.99 Å². The largest absolute Gasteiger partial charge is 0.380 e. The average Bonchev–Trinajstić information content (AvgIpc) is 3.09. The van der Waals surface area contributed by atoms with E-state index < -0.39 is 4.92 Å². The van der Waals surface area contributed by atoms with E-state index in [1.54, 1.807) is 17.8 Å². The highest BCUT2D eigenvalue weighted by atomic mass is 32.2. The second-order valence-electron chi connectivity index (χ2n) is 6.91. The van der Waals surface area contributed by atoms with Gasteiger partial charge in [-0.1, -0.05) is 29.0 Å². The summed E-state index contributed by atoms with van der Waals surface area (Å²) in [5.74, 6) is 0.656. The van der Waals surface area contributed by atoms with E-state index in [0.29, 0.717) is 31.0 Å². The number of aromatic nitrogens is 1. The number of benzene rings is 2. The van der Waals surface area contributed by atoms with Crippen LogP contribution in [-0.2, 0) is 16.1 Å². The summed E-state index contributed by atoms with van der Waals surface area (Å²) in [5.41, 5.74) is 2.07. The Kier molecular flexibility index (Phi) is 8.39. The number of hydrogen-bond acceptors (Lipinski definition) is 6. The lowest BCUT2D eigenvalue weighted by molar-refractivity contribution is -0.384. The normalized spacial score (nSPS) is 11.9. The zero-order chi connectivity index (χ0) is 22.2. The maximum atomic E-state index is 12.5. The Bertz CT molecular complexity index is 1120. The third-order valence-corrected chi connectivity index (χ3v) is 6.72. The van der Waals surface area contributed by atoms with Crippen molar-refractivity contribution in [1.82, 2.24) is 4.57 Å². The standard InChI is InChI=1S/C22H25N3O4S2/c1-3-29-13-12-24-19-11-8-17(25(27)28)15-20(19)31-22(24)23-21(26)5-4-14-30-18-9-6-16(2)7-10-18/h6-11,15H,3-5,12-14H2,1-2H3. The zero-order valence-corrected chi connectivity index (χ0v) is 19.2. The molecular weight excluding hydrogens is 434 g/mol. The van der Waals surface area contributed by atoms with Crippen molar-refractivity contribution in [3.8, 4) is 0 Å². The number of thiazole rings is 1. The summed E-state index contributed by atoms with van der Waals surface area (Å²) in [4.78, 5) is 29.2. The minimum absolute atomic E-state index is 0.0247. The molecule has 0 spiro atoms. The first-order valence-electron chi connectivity index (χ1n) is 10.1. The molecular formula is C22H25N3O4S2. The molecule has 0 aliphatic carbocycles. The fraction of sp³-hybridized carbons (Fsp3) is 0.364. The maximum Gasteiger partial charge on any atom is 0.270 e. The maximum absolute atomic E-state index is 12.5. The van der Waals surface area contributed by atoms with Crippen molar-refractivity contribution in [1.29, 1.82) is 0 Å². The molecule has 31 heavy (non-hydrogen) atoms. The first-order chi connectivity index (χ1) is 15.0. The summed E-state index contributed by atoms with van der Waals surface area (Å²) in [6.07, 6.45) is 1.09. The molecule has 9 heteroatoms. The molecule has 0 aliphatic heterocycles. The van der Waals surface area contributed by atoms with Crippen LogP contribution in [0.2, 0.25) is 0 Å². The molecule has 2 aromatic carbocycles. The highest BCUT2D eigenvalue weighted by Gasteiger charge is 2.13. The topological polar surface area (TPSA) is 86.7 Å². The lowest BCUT2D eigenvalue weighted by atomic mass is 10.2. The molecule has 164 valence electrons. The minimum atomic E-state index is -0.419. The predicted molar refractivity (Wildman–Crippen MR) is 125 cm³/mol. The summed E-state index contributed by atoms with van der Waals surface area (Å²) >= 11 is 3.01. The van der Waals surface area contributed by atoms with Crippen molar-refractivity contribution in [2.45, 2.75) is 38.1 Å². The summed E-state index contributed by atoms with van der Waals surface area (Å²) < 4.78 is 8.08. The van der Waals surface area contributed by atoms with E-state index in [0.717, 1.165) is 22.4 Å². The number of amides is 1. The molecule has 0 bridgehead atoms. The second-order valence-corrected chi connectivity index (χ2v) is 9.09. The van der Waals surface area contributed by atoms with Crippen molar-refractivity contribution < 1.29 is 14.5 Å². The number of fused-ring (bicyclic) bond motifs is 1. The van der Waals surface area contributed by atoms with Gasteiger partial charge in [0.25, 0.3) is 5.69 Å². The van der Waals surface area contributed by atoms with E-state index in [1.807, 2.05) is 11.5 Å². The van der Waals surface area contributed by atoms with Crippen LogP contribution in [0.5, 0.6) is 0 Å². The van der Waals surface area contributed by atoms with Crippen LogP contribution >= 0.6 is 23.1 Å². The predicted octanol–water partition coefficient (Wildman–Crippen LogP) is 4.96. The lowest BCUT2D eigenvalue weighted by Crippen LogP contribution is -2.19. The number of nitro benzene ring substituents is 1. The van der Waals surface area contributed by atoms with Gasteiger partial charge in [0, 0.05) is 36.6 Å². The molecule has 7 nitrogen and oxygen atoms in total. The molecule has 0 unspecified atom stereocenters. The summed E-state index contributed by atoms with van der Waals surface area (Å²) in [6.45, 7) is 5.58. The van der Waals surface area contributed by atoms with Crippen molar-refractivity contribution >= 4 is 44.9 Å². The number of hydrogen-bond donors (Lipinski definition) is 0. The van der Waals surface area contributed by atoms with Gasteiger partial charge in [0.15, 0.2) is 4.80 Å². The Morgan fingerprint density at radius 1 is 1.26 bits per heavy atom. The summed E-state index contributed by atoms with van der Waals surface area (Å²) in [6, 6.07) is 13.0. The number of thioether (sulfide) groups is 1. The monoisotopic (exact) mass is 459 g/mol. The smallest absolute Gasteiger partial charge is 0.270 e. The van der Waals surface area contributed by atoms with Crippen LogP contribution in [0.1, 0.15) is 25.3 Å². The van der Waals surface area contributed by atoms with E-state index in [9.17, 15) is 14.9 Å². The number of non-ortho nitro benzene ring substituents is 1. The highest BCUT2D eigenvalue weighted by molar-refractivity contribution is 7.99. The van der Waals surface area contributed by atoms with Gasteiger partial charge in [0.2, 0.25) is 5.91 Å². The van der Waals surface area contributed by atoms with Crippen LogP contribution in [0.4, 0.5) is 5.69 Å². The van der Waals surface area contributed by atoms with Gasteiger partial charge >= 0.3 is 0 Å². The first kappa shape index (κ1) is 23.2. The molecule has 0 saturated heterocycles. The number of nitro groups is 1. The number of aryl methyl sites for hydroxylation is 1. The Morgan fingerprint density at radius 3 is 2.74 bits per heavy atom. The minimum Gasteiger partial charge on any atom is -0.380 e. The average molecular weight is 460 g/mol. The third kappa shape index (κ3) is 6.49. The summed E-state index contributed by atoms with van der Waals surface area (Å²) in [7, 11) is 0. The SMILES string of the molecule is CCOCCn1c(=NC(=O)CCCSc2ccc(C)cc2)sc2cc([N+](=O)[O-])ccc21. The lowest BCUT2D eigenvalue weighted by Gasteiger charge is -2.05. The third-order valence-electron chi connectivity index (χ3n) is 4.59. The van der Waals surface area contributed by atoms with Crippen LogP contribution in [-0.4, -0.2) is 34.4 Å². The van der Waals surface area contributed by atoms with Gasteiger partial charge < -0.3 is 9.30 Å². The van der Waals surface area contributed by atoms with E-state index in [-0.39, 0.29) is 11.6 Å². The molecule has 1 aromatic heterocycles. The number of carbonyl (C=O) groups is 1. The number of nitrogens with zero attached hydrogens (tertiary/aromatic N) is 3. The van der Waals surface area contributed by atoms with Crippen molar-refractivity contribution in [3.05, 3.63) is 62.9 Å². The number of ether oxygens (including phenoxy) is 1. The van der Waals surface area contributed by atoms with Crippen LogP contribution in [0, 0.1) is 17.0 Å². The molecule has 0 saturated carbocycles. The molecule has 1 heterocycles. The molecule has 0 radical (unpaired) electrons. The van der Waals surface area contributed by atoms with Crippen LogP contribution < -0.4 is 4.80 Å². The quantitative estimate of drug-likeness (QED) is 0.185. The molecule has 0 atom stereocenters. The Labute approximate surface area is 188 Å². The number of rotatable bonds is 10. The Hall–Kier alpha value is -2.49. The van der Waals surface area contributed by atoms with E-state index in [2.05, 4.69) is 36.2 Å². The van der Waals surface area contributed by atoms with E-state index >= 15 is 0 Å². The van der Waals surface area contributed by atoms with Crippen molar-refractivity contribution in [3.63, 3.8) is 0 Å². The van der Waals surface area contributed by atoms with Gasteiger partial charge in [-0.15, -0.1) is 11.8 Å².